The van der Waals surface area contributed by atoms with Crippen LogP contribution >= 0.6 is 0 Å². The molecule has 0 amide bonds. The van der Waals surface area contributed by atoms with E-state index in [1.54, 1.807) is 22.8 Å². The molecule has 1 aliphatic rings. The van der Waals surface area contributed by atoms with Crippen molar-refractivity contribution in [1.82, 2.24) is 9.55 Å². The lowest BCUT2D eigenvalue weighted by Crippen LogP contribution is -2.23. The van der Waals surface area contributed by atoms with Crippen LogP contribution in [0.1, 0.15) is 31.0 Å². The molecule has 160 valence electrons. The smallest absolute Gasteiger partial charge is 0.421 e. The van der Waals surface area contributed by atoms with Gasteiger partial charge in [0.25, 0.3) is 5.56 Å². The van der Waals surface area contributed by atoms with Crippen LogP contribution in [-0.2, 0) is 12.6 Å². The molecule has 3 aromatic rings. The summed E-state index contributed by atoms with van der Waals surface area (Å²) in [5.74, 6) is -0.500. The molecule has 31 heavy (non-hydrogen) atoms. The topological polar surface area (TPSA) is 44.1 Å². The predicted octanol–water partition coefficient (Wildman–Crippen LogP) is 5.84. The Balaban J connectivity index is 2.02. The first-order chi connectivity index (χ1) is 14.8. The molecule has 2 heterocycles. The van der Waals surface area contributed by atoms with Crippen LogP contribution in [-0.4, -0.2) is 16.7 Å². The highest BCUT2D eigenvalue weighted by atomic mass is 19.4. The molecule has 1 aromatic carbocycles. The molecular formula is C24H21F3N2O2. The first-order valence-corrected chi connectivity index (χ1v) is 10.0. The summed E-state index contributed by atoms with van der Waals surface area (Å²) in [6, 6.07) is 8.09. The van der Waals surface area contributed by atoms with Gasteiger partial charge in [0, 0.05) is 23.2 Å². The fraction of sp³-hybridized carbons (Fsp3) is 0.250. The lowest BCUT2D eigenvalue weighted by molar-refractivity contribution is -0.139. The molecule has 4 nitrogen and oxygen atoms in total. The highest BCUT2D eigenvalue weighted by molar-refractivity contribution is 5.96. The number of benzene rings is 1. The number of nitrogens with zero attached hydrogens (tertiary/aromatic N) is 2. The van der Waals surface area contributed by atoms with Crippen LogP contribution in [0.2, 0.25) is 0 Å². The monoisotopic (exact) mass is 426 g/mol. The Morgan fingerprint density at radius 2 is 2.00 bits per heavy atom. The van der Waals surface area contributed by atoms with Crippen LogP contribution in [0.3, 0.4) is 0 Å². The van der Waals surface area contributed by atoms with Crippen LogP contribution in [0, 0.1) is 0 Å². The molecule has 0 aliphatic heterocycles. The summed E-state index contributed by atoms with van der Waals surface area (Å²) in [5, 5.41) is 1.04. The molecule has 0 spiro atoms. The van der Waals surface area contributed by atoms with E-state index in [4.69, 9.17) is 4.74 Å². The van der Waals surface area contributed by atoms with Gasteiger partial charge in [-0.1, -0.05) is 37.3 Å². The van der Waals surface area contributed by atoms with Crippen molar-refractivity contribution in [2.75, 3.05) is 7.11 Å². The van der Waals surface area contributed by atoms with E-state index in [0.29, 0.717) is 22.8 Å². The molecule has 0 fully saturated rings. The van der Waals surface area contributed by atoms with E-state index in [2.05, 4.69) is 4.98 Å². The first kappa shape index (κ1) is 20.9. The summed E-state index contributed by atoms with van der Waals surface area (Å²) < 4.78 is 47.0. The minimum Gasteiger partial charge on any atom is -0.481 e. The maximum Gasteiger partial charge on any atom is 0.421 e. The predicted molar refractivity (Wildman–Crippen MR) is 115 cm³/mol. The van der Waals surface area contributed by atoms with Gasteiger partial charge in [-0.2, -0.15) is 13.2 Å². The molecule has 0 saturated carbocycles. The maximum atomic E-state index is 13.6. The van der Waals surface area contributed by atoms with E-state index in [0.717, 1.165) is 37.4 Å². The zero-order chi connectivity index (χ0) is 22.2. The molecule has 0 N–H and O–H groups in total. The van der Waals surface area contributed by atoms with Gasteiger partial charge in [-0.05, 0) is 48.4 Å². The van der Waals surface area contributed by atoms with Gasteiger partial charge in [-0.25, -0.2) is 4.98 Å². The summed E-state index contributed by atoms with van der Waals surface area (Å²) in [7, 11) is 1.14. The van der Waals surface area contributed by atoms with Crippen molar-refractivity contribution >= 4 is 16.5 Å². The molecule has 0 unspecified atom stereocenters. The largest absolute Gasteiger partial charge is 0.481 e. The summed E-state index contributed by atoms with van der Waals surface area (Å²) in [6.45, 7) is 1.97. The minimum atomic E-state index is -4.63. The SMILES string of the molecule is CCc1cc2cccc(-c3cnc(OC)c(C(F)(F)F)c3)c2c(=O)n1C1=CCCC=C1. The number of rotatable bonds is 4. The van der Waals surface area contributed by atoms with Gasteiger partial charge in [-0.3, -0.25) is 9.36 Å². The Labute approximate surface area is 177 Å². The number of aryl methyl sites for hydroxylation is 1. The third kappa shape index (κ3) is 3.76. The lowest BCUT2D eigenvalue weighted by Gasteiger charge is -2.18. The number of hydrogen-bond donors (Lipinski definition) is 0. The Bertz CT molecular complexity index is 1270. The maximum absolute atomic E-state index is 13.6. The molecular weight excluding hydrogens is 405 g/mol. The second-order valence-electron chi connectivity index (χ2n) is 7.29. The quantitative estimate of drug-likeness (QED) is 0.526. The second kappa shape index (κ2) is 8.06. The lowest BCUT2D eigenvalue weighted by atomic mass is 9.98. The number of halogens is 3. The molecule has 0 bridgehead atoms. The van der Waals surface area contributed by atoms with Crippen molar-refractivity contribution in [2.45, 2.75) is 32.4 Å². The number of fused-ring (bicyclic) bond motifs is 1. The Morgan fingerprint density at radius 3 is 2.65 bits per heavy atom. The standard InChI is InChI=1S/C24H21F3N2O2/c1-3-17-12-15-8-7-11-19(16-13-20(24(25,26)27)22(31-2)28-14-16)21(15)23(30)29(17)18-9-5-4-6-10-18/h5,7-14H,3-4,6H2,1-2H3. The van der Waals surface area contributed by atoms with Gasteiger partial charge in [-0.15, -0.1) is 0 Å². The van der Waals surface area contributed by atoms with Crippen molar-refractivity contribution in [1.29, 1.82) is 0 Å². The Kier molecular flexibility index (Phi) is 5.43. The molecule has 4 rings (SSSR count). The van der Waals surface area contributed by atoms with E-state index in [9.17, 15) is 18.0 Å². The van der Waals surface area contributed by atoms with Crippen molar-refractivity contribution in [2.24, 2.45) is 0 Å². The normalized spacial score (nSPS) is 14.0. The van der Waals surface area contributed by atoms with E-state index in [1.807, 2.05) is 31.2 Å². The molecule has 1 aliphatic carbocycles. The van der Waals surface area contributed by atoms with Gasteiger partial charge < -0.3 is 4.74 Å². The summed E-state index contributed by atoms with van der Waals surface area (Å²) in [5.41, 5.74) is 1.00. The Morgan fingerprint density at radius 1 is 1.19 bits per heavy atom. The summed E-state index contributed by atoms with van der Waals surface area (Å²) >= 11 is 0. The number of hydrogen-bond acceptors (Lipinski definition) is 3. The highest BCUT2D eigenvalue weighted by Gasteiger charge is 2.35. The average molecular weight is 426 g/mol. The number of pyridine rings is 2. The first-order valence-electron chi connectivity index (χ1n) is 10.0. The molecule has 0 saturated heterocycles. The Hall–Kier alpha value is -3.35. The third-order valence-electron chi connectivity index (χ3n) is 5.38. The number of alkyl halides is 3. The molecule has 7 heteroatoms. The van der Waals surface area contributed by atoms with Gasteiger partial charge in [0.1, 0.15) is 5.56 Å². The van der Waals surface area contributed by atoms with Crippen molar-refractivity contribution in [3.63, 3.8) is 0 Å². The highest BCUT2D eigenvalue weighted by Crippen LogP contribution is 2.38. The zero-order valence-corrected chi connectivity index (χ0v) is 17.2. The second-order valence-corrected chi connectivity index (χ2v) is 7.29. The average Bonchev–Trinajstić information content (AvgIpc) is 2.78. The van der Waals surface area contributed by atoms with E-state index in [1.165, 1.54) is 6.20 Å². The summed E-state index contributed by atoms with van der Waals surface area (Å²) in [6.07, 6.45) is 4.99. The van der Waals surface area contributed by atoms with Gasteiger partial charge in [0.15, 0.2) is 0 Å². The number of ether oxygens (including phenoxy) is 1. The van der Waals surface area contributed by atoms with E-state index < -0.39 is 17.6 Å². The van der Waals surface area contributed by atoms with Crippen LogP contribution in [0.4, 0.5) is 13.2 Å². The number of methoxy groups -OCH3 is 1. The van der Waals surface area contributed by atoms with Gasteiger partial charge >= 0.3 is 6.18 Å². The van der Waals surface area contributed by atoms with Gasteiger partial charge in [0.2, 0.25) is 5.88 Å². The fourth-order valence-electron chi connectivity index (χ4n) is 3.93. The van der Waals surface area contributed by atoms with E-state index >= 15 is 0 Å². The molecule has 0 radical (unpaired) electrons. The van der Waals surface area contributed by atoms with Crippen molar-refractivity contribution < 1.29 is 17.9 Å². The molecule has 0 atom stereocenters. The summed E-state index contributed by atoms with van der Waals surface area (Å²) in [4.78, 5) is 17.5. The van der Waals surface area contributed by atoms with Crippen LogP contribution in [0.25, 0.3) is 27.6 Å². The van der Waals surface area contributed by atoms with Crippen LogP contribution in [0.15, 0.2) is 59.6 Å². The van der Waals surface area contributed by atoms with Crippen molar-refractivity contribution in [3.05, 3.63) is 76.4 Å². The minimum absolute atomic E-state index is 0.208. The van der Waals surface area contributed by atoms with Crippen LogP contribution < -0.4 is 10.3 Å². The van der Waals surface area contributed by atoms with Crippen LogP contribution in [0.5, 0.6) is 5.88 Å². The number of aromatic nitrogens is 2. The zero-order valence-electron chi connectivity index (χ0n) is 17.2. The van der Waals surface area contributed by atoms with E-state index in [-0.39, 0.29) is 11.1 Å². The fourth-order valence-corrected chi connectivity index (χ4v) is 3.93. The third-order valence-corrected chi connectivity index (χ3v) is 5.38. The molecule has 2 aromatic heterocycles. The van der Waals surface area contributed by atoms with Gasteiger partial charge in [0.05, 0.1) is 12.5 Å². The van der Waals surface area contributed by atoms with Crippen molar-refractivity contribution in [3.8, 4) is 17.0 Å². The number of allylic oxidation sites excluding steroid dienone is 4.